The highest BCUT2D eigenvalue weighted by Gasteiger charge is 2.21. The zero-order valence-electron chi connectivity index (χ0n) is 15.8. The second-order valence-corrected chi connectivity index (χ2v) is 7.41. The number of rotatable bonds is 4. The highest BCUT2D eigenvalue weighted by atomic mass is 16.5. The Morgan fingerprint density at radius 1 is 1.33 bits per heavy atom. The molecule has 1 saturated heterocycles. The van der Waals surface area contributed by atoms with Crippen molar-refractivity contribution in [1.29, 1.82) is 0 Å². The van der Waals surface area contributed by atoms with Gasteiger partial charge in [0.05, 0.1) is 5.56 Å². The van der Waals surface area contributed by atoms with Gasteiger partial charge in [0.25, 0.3) is 5.91 Å². The summed E-state index contributed by atoms with van der Waals surface area (Å²) in [6.45, 7) is 6.03. The zero-order valence-corrected chi connectivity index (χ0v) is 15.8. The molecule has 2 aromatic heterocycles. The van der Waals surface area contributed by atoms with E-state index in [1.54, 1.807) is 6.20 Å². The van der Waals surface area contributed by atoms with Crippen molar-refractivity contribution in [3.63, 3.8) is 0 Å². The van der Waals surface area contributed by atoms with Crippen LogP contribution in [0.2, 0.25) is 0 Å². The van der Waals surface area contributed by atoms with E-state index in [1.165, 1.54) is 11.3 Å². The molecular weight excluding hydrogens is 340 g/mol. The molecular formula is C21H26N4O2. The average molecular weight is 366 g/mol. The van der Waals surface area contributed by atoms with Gasteiger partial charge in [0.15, 0.2) is 0 Å². The molecule has 1 amide bonds. The number of ether oxygens (including phenoxy) is 1. The number of carbonyl (C=O) groups excluding carboxylic acids is 1. The van der Waals surface area contributed by atoms with Crippen LogP contribution in [0.5, 0.6) is 0 Å². The van der Waals surface area contributed by atoms with Gasteiger partial charge in [-0.25, -0.2) is 4.98 Å². The standard InChI is InChI=1S/C21H26N4O2/c1-15-11-18(21(26)24-12-16-5-9-27-10-6-16)13-23-20(15)25-8-4-19-17(14-25)3-2-7-22-19/h2-3,7,11,13,16H,4-6,8-10,12,14H2,1H3,(H,24,26). The van der Waals surface area contributed by atoms with Crippen molar-refractivity contribution >= 4 is 11.7 Å². The van der Waals surface area contributed by atoms with E-state index < -0.39 is 0 Å². The fraction of sp³-hybridized carbons (Fsp3) is 0.476. The van der Waals surface area contributed by atoms with Crippen LogP contribution in [0.15, 0.2) is 30.6 Å². The number of hydrogen-bond donors (Lipinski definition) is 1. The highest BCUT2D eigenvalue weighted by Crippen LogP contribution is 2.25. The van der Waals surface area contributed by atoms with Gasteiger partial charge in [0, 0.05) is 57.4 Å². The Morgan fingerprint density at radius 3 is 3.00 bits per heavy atom. The Bertz CT molecular complexity index is 818. The third-order valence-corrected chi connectivity index (χ3v) is 5.47. The summed E-state index contributed by atoms with van der Waals surface area (Å²) in [4.78, 5) is 23.8. The molecule has 0 aliphatic carbocycles. The Morgan fingerprint density at radius 2 is 2.19 bits per heavy atom. The summed E-state index contributed by atoms with van der Waals surface area (Å²) < 4.78 is 5.37. The van der Waals surface area contributed by atoms with E-state index in [1.807, 2.05) is 25.3 Å². The van der Waals surface area contributed by atoms with Gasteiger partial charge in [-0.05, 0) is 48.9 Å². The number of hydrogen-bond acceptors (Lipinski definition) is 5. The minimum absolute atomic E-state index is 0.0446. The third-order valence-electron chi connectivity index (χ3n) is 5.47. The molecule has 1 fully saturated rings. The topological polar surface area (TPSA) is 67.3 Å². The van der Waals surface area contributed by atoms with E-state index in [0.717, 1.165) is 56.9 Å². The number of aryl methyl sites for hydroxylation is 1. The monoisotopic (exact) mass is 366 g/mol. The molecule has 0 unspecified atom stereocenters. The third kappa shape index (κ3) is 4.11. The number of aromatic nitrogens is 2. The Labute approximate surface area is 160 Å². The number of fused-ring (bicyclic) bond motifs is 1. The molecule has 4 rings (SSSR count). The van der Waals surface area contributed by atoms with E-state index >= 15 is 0 Å². The number of nitrogens with zero attached hydrogens (tertiary/aromatic N) is 3. The van der Waals surface area contributed by atoms with Gasteiger partial charge in [-0.3, -0.25) is 9.78 Å². The maximum Gasteiger partial charge on any atom is 0.252 e. The smallest absolute Gasteiger partial charge is 0.252 e. The molecule has 0 saturated carbocycles. The normalized spacial score (nSPS) is 17.4. The van der Waals surface area contributed by atoms with Gasteiger partial charge in [-0.15, -0.1) is 0 Å². The number of nitrogens with one attached hydrogen (secondary N) is 1. The molecule has 2 aliphatic heterocycles. The van der Waals surface area contributed by atoms with Crippen LogP contribution in [0.25, 0.3) is 0 Å². The number of anilines is 1. The lowest BCUT2D eigenvalue weighted by Crippen LogP contribution is -2.33. The Balaban J connectivity index is 1.41. The lowest BCUT2D eigenvalue weighted by Gasteiger charge is -2.30. The van der Waals surface area contributed by atoms with Crippen molar-refractivity contribution in [2.75, 3.05) is 31.2 Å². The Hall–Kier alpha value is -2.47. The SMILES string of the molecule is Cc1cc(C(=O)NCC2CCOCC2)cnc1N1CCc2ncccc2C1. The summed E-state index contributed by atoms with van der Waals surface area (Å²) in [6, 6.07) is 6.05. The van der Waals surface area contributed by atoms with Gasteiger partial charge < -0.3 is 15.0 Å². The molecule has 0 atom stereocenters. The molecule has 0 radical (unpaired) electrons. The fourth-order valence-electron chi connectivity index (χ4n) is 3.86. The molecule has 6 nitrogen and oxygen atoms in total. The van der Waals surface area contributed by atoms with Crippen molar-refractivity contribution < 1.29 is 9.53 Å². The summed E-state index contributed by atoms with van der Waals surface area (Å²) >= 11 is 0. The van der Waals surface area contributed by atoms with Crippen LogP contribution in [-0.2, 0) is 17.7 Å². The number of amides is 1. The van der Waals surface area contributed by atoms with Crippen molar-refractivity contribution in [1.82, 2.24) is 15.3 Å². The lowest BCUT2D eigenvalue weighted by molar-refractivity contribution is 0.0642. The molecule has 2 aliphatic rings. The first kappa shape index (κ1) is 17.9. The van der Waals surface area contributed by atoms with Gasteiger partial charge in [-0.1, -0.05) is 6.07 Å². The van der Waals surface area contributed by atoms with Crippen LogP contribution in [0.1, 0.15) is 40.0 Å². The molecule has 142 valence electrons. The van der Waals surface area contributed by atoms with E-state index in [4.69, 9.17) is 4.74 Å². The molecule has 6 heteroatoms. The van der Waals surface area contributed by atoms with Gasteiger partial charge in [0.1, 0.15) is 5.82 Å². The maximum absolute atomic E-state index is 12.5. The summed E-state index contributed by atoms with van der Waals surface area (Å²) in [5.41, 5.74) is 4.09. The minimum Gasteiger partial charge on any atom is -0.381 e. The fourth-order valence-corrected chi connectivity index (χ4v) is 3.86. The van der Waals surface area contributed by atoms with Gasteiger partial charge in [0.2, 0.25) is 0 Å². The molecule has 2 aromatic rings. The summed E-state index contributed by atoms with van der Waals surface area (Å²) in [5.74, 6) is 1.42. The molecule has 1 N–H and O–H groups in total. The van der Waals surface area contributed by atoms with E-state index in [-0.39, 0.29) is 5.91 Å². The Kier molecular flexibility index (Phi) is 5.34. The first-order valence-corrected chi connectivity index (χ1v) is 9.71. The molecule has 4 heterocycles. The molecule has 0 bridgehead atoms. The summed E-state index contributed by atoms with van der Waals surface area (Å²) in [5, 5.41) is 3.05. The maximum atomic E-state index is 12.5. The van der Waals surface area contributed by atoms with Crippen LogP contribution in [-0.4, -0.2) is 42.2 Å². The second-order valence-electron chi connectivity index (χ2n) is 7.41. The summed E-state index contributed by atoms with van der Waals surface area (Å²) in [6.07, 6.45) is 6.50. The van der Waals surface area contributed by atoms with Crippen molar-refractivity contribution in [3.05, 3.63) is 53.0 Å². The van der Waals surface area contributed by atoms with Crippen LogP contribution >= 0.6 is 0 Å². The first-order valence-electron chi connectivity index (χ1n) is 9.71. The highest BCUT2D eigenvalue weighted by molar-refractivity contribution is 5.94. The molecule has 0 spiro atoms. The van der Waals surface area contributed by atoms with E-state index in [9.17, 15) is 4.79 Å². The predicted octanol–water partition coefficient (Wildman–Crippen LogP) is 2.50. The van der Waals surface area contributed by atoms with Crippen molar-refractivity contribution in [2.24, 2.45) is 5.92 Å². The molecule has 0 aromatic carbocycles. The minimum atomic E-state index is -0.0446. The quantitative estimate of drug-likeness (QED) is 0.901. The van der Waals surface area contributed by atoms with Crippen LogP contribution < -0.4 is 10.2 Å². The largest absolute Gasteiger partial charge is 0.381 e. The van der Waals surface area contributed by atoms with Crippen LogP contribution in [0, 0.1) is 12.8 Å². The van der Waals surface area contributed by atoms with E-state index in [0.29, 0.717) is 18.0 Å². The van der Waals surface area contributed by atoms with Crippen LogP contribution in [0.3, 0.4) is 0 Å². The summed E-state index contributed by atoms with van der Waals surface area (Å²) in [7, 11) is 0. The second kappa shape index (κ2) is 8.05. The van der Waals surface area contributed by atoms with E-state index in [2.05, 4.69) is 26.3 Å². The average Bonchev–Trinajstić information content (AvgIpc) is 2.72. The van der Waals surface area contributed by atoms with Crippen molar-refractivity contribution in [2.45, 2.75) is 32.7 Å². The van der Waals surface area contributed by atoms with Crippen LogP contribution in [0.4, 0.5) is 5.82 Å². The molecule has 27 heavy (non-hydrogen) atoms. The zero-order chi connectivity index (χ0) is 18.6. The number of pyridine rings is 2. The predicted molar refractivity (Wildman–Crippen MR) is 104 cm³/mol. The van der Waals surface area contributed by atoms with Crippen molar-refractivity contribution in [3.8, 4) is 0 Å². The van der Waals surface area contributed by atoms with Gasteiger partial charge >= 0.3 is 0 Å². The van der Waals surface area contributed by atoms with Gasteiger partial charge in [-0.2, -0.15) is 0 Å². The number of carbonyl (C=O) groups is 1. The lowest BCUT2D eigenvalue weighted by atomic mass is 10.0. The first-order chi connectivity index (χ1) is 13.2.